The van der Waals surface area contributed by atoms with Gasteiger partial charge in [-0.15, -0.1) is 0 Å². The first-order chi connectivity index (χ1) is 14.9. The zero-order valence-corrected chi connectivity index (χ0v) is 18.9. The first-order valence-corrected chi connectivity index (χ1v) is 12.3. The van der Waals surface area contributed by atoms with E-state index in [2.05, 4.69) is 10.1 Å². The number of benzene rings is 2. The van der Waals surface area contributed by atoms with Gasteiger partial charge in [-0.1, -0.05) is 54.2 Å². The number of hydrogen-bond acceptors (Lipinski definition) is 5. The molecule has 0 unspecified atom stereocenters. The van der Waals surface area contributed by atoms with Gasteiger partial charge >= 0.3 is 0 Å². The van der Waals surface area contributed by atoms with Crippen molar-refractivity contribution < 1.29 is 12.9 Å². The fourth-order valence-electron chi connectivity index (χ4n) is 4.07. The van der Waals surface area contributed by atoms with Gasteiger partial charge in [0.15, 0.2) is 5.82 Å². The molecule has 4 rings (SSSR count). The van der Waals surface area contributed by atoms with Gasteiger partial charge in [0.05, 0.1) is 4.90 Å². The molecular weight excluding hydrogens is 410 g/mol. The topological polar surface area (TPSA) is 76.3 Å². The third-order valence-corrected chi connectivity index (χ3v) is 7.95. The highest BCUT2D eigenvalue weighted by atomic mass is 32.2. The highest BCUT2D eigenvalue weighted by molar-refractivity contribution is 7.89. The van der Waals surface area contributed by atoms with Crippen molar-refractivity contribution in [2.75, 3.05) is 13.6 Å². The second-order valence-corrected chi connectivity index (χ2v) is 10.4. The lowest BCUT2D eigenvalue weighted by Crippen LogP contribution is -2.29. The van der Waals surface area contributed by atoms with Gasteiger partial charge in [-0.3, -0.25) is 0 Å². The summed E-state index contributed by atoms with van der Waals surface area (Å²) in [5.74, 6) is 1.49. The smallest absolute Gasteiger partial charge is 0.257 e. The molecule has 3 aromatic rings. The second kappa shape index (κ2) is 9.32. The van der Waals surface area contributed by atoms with Crippen molar-refractivity contribution >= 4 is 10.0 Å². The number of sulfonamides is 1. The van der Waals surface area contributed by atoms with Crippen molar-refractivity contribution in [2.24, 2.45) is 0 Å². The first-order valence-electron chi connectivity index (χ1n) is 10.9. The molecule has 1 aromatic heterocycles. The maximum absolute atomic E-state index is 13.0. The van der Waals surface area contributed by atoms with Gasteiger partial charge in [0.25, 0.3) is 5.89 Å². The monoisotopic (exact) mass is 439 g/mol. The minimum atomic E-state index is -3.56. The maximum atomic E-state index is 13.0. The molecule has 6 nitrogen and oxygen atoms in total. The van der Waals surface area contributed by atoms with Gasteiger partial charge in [0.1, 0.15) is 0 Å². The Morgan fingerprint density at radius 2 is 1.68 bits per heavy atom. The van der Waals surface area contributed by atoms with E-state index in [0.717, 1.165) is 11.1 Å². The first kappa shape index (κ1) is 21.7. The molecule has 0 radical (unpaired) electrons. The average molecular weight is 440 g/mol. The summed E-state index contributed by atoms with van der Waals surface area (Å²) in [7, 11) is -1.97. The molecule has 164 valence electrons. The molecule has 0 bridgehead atoms. The highest BCUT2D eigenvalue weighted by Gasteiger charge is 2.22. The molecule has 0 amide bonds. The maximum Gasteiger partial charge on any atom is 0.257 e. The Balaban J connectivity index is 1.38. The van der Waals surface area contributed by atoms with Crippen LogP contribution in [-0.2, 0) is 16.4 Å². The molecule has 0 saturated heterocycles. The van der Waals surface area contributed by atoms with Crippen molar-refractivity contribution in [3.05, 3.63) is 65.5 Å². The average Bonchev–Trinajstić information content (AvgIpc) is 3.27. The van der Waals surface area contributed by atoms with E-state index in [1.807, 2.05) is 43.3 Å². The summed E-state index contributed by atoms with van der Waals surface area (Å²) in [6, 6.07) is 15.3. The van der Waals surface area contributed by atoms with Gasteiger partial charge in [0, 0.05) is 25.6 Å². The van der Waals surface area contributed by atoms with Crippen LogP contribution in [0.4, 0.5) is 0 Å². The fraction of sp³-hybridized carbons (Fsp3) is 0.417. The molecule has 1 aliphatic rings. The number of rotatable bonds is 7. The minimum Gasteiger partial charge on any atom is -0.334 e. The van der Waals surface area contributed by atoms with Crippen molar-refractivity contribution in [2.45, 2.75) is 56.3 Å². The number of hydrogen-bond donors (Lipinski definition) is 0. The third kappa shape index (κ3) is 5.05. The Morgan fingerprint density at radius 3 is 2.35 bits per heavy atom. The Morgan fingerprint density at radius 1 is 1.00 bits per heavy atom. The van der Waals surface area contributed by atoms with Crippen LogP contribution in [0.2, 0.25) is 0 Å². The summed E-state index contributed by atoms with van der Waals surface area (Å²) in [5, 5.41) is 4.00. The zero-order valence-electron chi connectivity index (χ0n) is 18.1. The SMILES string of the molecule is Cc1ccc(-c2nc(CCN(C)S(=O)(=O)c3ccc(C4CCCCC4)cc3)no2)cc1. The van der Waals surface area contributed by atoms with Crippen LogP contribution in [0.5, 0.6) is 0 Å². The zero-order chi connectivity index (χ0) is 21.8. The van der Waals surface area contributed by atoms with Crippen molar-refractivity contribution in [1.82, 2.24) is 14.4 Å². The summed E-state index contributed by atoms with van der Waals surface area (Å²) in [4.78, 5) is 4.72. The molecule has 1 aliphatic carbocycles. The van der Waals surface area contributed by atoms with Crippen LogP contribution in [0.15, 0.2) is 57.9 Å². The number of aryl methyl sites for hydroxylation is 1. The molecule has 1 heterocycles. The van der Waals surface area contributed by atoms with Crippen molar-refractivity contribution in [3.63, 3.8) is 0 Å². The molecular formula is C24H29N3O3S. The molecule has 2 aromatic carbocycles. The Labute approximate surface area is 184 Å². The number of nitrogens with zero attached hydrogens (tertiary/aromatic N) is 3. The van der Waals surface area contributed by atoms with Crippen LogP contribution < -0.4 is 0 Å². The van der Waals surface area contributed by atoms with Gasteiger partial charge in [-0.2, -0.15) is 4.98 Å². The van der Waals surface area contributed by atoms with Gasteiger partial charge in [0.2, 0.25) is 10.0 Å². The standard InChI is InChI=1S/C24H29N3O3S/c1-18-8-10-21(11-9-18)24-25-23(26-30-24)16-17-27(2)31(28,29)22-14-12-20(13-15-22)19-6-4-3-5-7-19/h8-15,19H,3-7,16-17H2,1-2H3. The molecule has 1 fully saturated rings. The molecule has 0 atom stereocenters. The van der Waals surface area contributed by atoms with Gasteiger partial charge < -0.3 is 4.52 Å². The summed E-state index contributed by atoms with van der Waals surface area (Å²) in [6.07, 6.45) is 6.60. The van der Waals surface area contributed by atoms with E-state index in [-0.39, 0.29) is 6.54 Å². The van der Waals surface area contributed by atoms with E-state index < -0.39 is 10.0 Å². The number of aromatic nitrogens is 2. The molecule has 0 aliphatic heterocycles. The van der Waals surface area contributed by atoms with Crippen LogP contribution in [0.3, 0.4) is 0 Å². The summed E-state index contributed by atoms with van der Waals surface area (Å²) < 4.78 is 32.6. The summed E-state index contributed by atoms with van der Waals surface area (Å²) in [6.45, 7) is 2.29. The molecule has 31 heavy (non-hydrogen) atoms. The largest absolute Gasteiger partial charge is 0.334 e. The van der Waals surface area contributed by atoms with Gasteiger partial charge in [-0.05, 0) is 55.5 Å². The fourth-order valence-corrected chi connectivity index (χ4v) is 5.25. The van der Waals surface area contributed by atoms with Crippen LogP contribution in [-0.4, -0.2) is 36.5 Å². The molecule has 7 heteroatoms. The minimum absolute atomic E-state index is 0.277. The lowest BCUT2D eigenvalue weighted by atomic mass is 9.84. The van der Waals surface area contributed by atoms with E-state index in [4.69, 9.17) is 4.52 Å². The molecule has 0 N–H and O–H groups in total. The van der Waals surface area contributed by atoms with E-state index in [9.17, 15) is 8.42 Å². The molecule has 0 spiro atoms. The van der Waals surface area contributed by atoms with Crippen molar-refractivity contribution in [3.8, 4) is 11.5 Å². The third-order valence-electron chi connectivity index (χ3n) is 6.08. The lowest BCUT2D eigenvalue weighted by molar-refractivity contribution is 0.415. The second-order valence-electron chi connectivity index (χ2n) is 8.36. The van der Waals surface area contributed by atoms with Crippen LogP contribution in [0, 0.1) is 6.92 Å². The van der Waals surface area contributed by atoms with Crippen LogP contribution >= 0.6 is 0 Å². The predicted octanol–water partition coefficient (Wildman–Crippen LogP) is 4.96. The summed E-state index contributed by atoms with van der Waals surface area (Å²) in [5.41, 5.74) is 3.25. The Kier molecular flexibility index (Phi) is 6.53. The number of likely N-dealkylation sites (N-methyl/N-ethyl adjacent to an activating group) is 1. The van der Waals surface area contributed by atoms with Crippen molar-refractivity contribution in [1.29, 1.82) is 0 Å². The quantitative estimate of drug-likeness (QED) is 0.520. The lowest BCUT2D eigenvalue weighted by Gasteiger charge is -2.22. The van der Waals surface area contributed by atoms with E-state index in [1.54, 1.807) is 19.2 Å². The van der Waals surface area contributed by atoms with Crippen LogP contribution in [0.1, 0.15) is 55.0 Å². The van der Waals surface area contributed by atoms with Crippen LogP contribution in [0.25, 0.3) is 11.5 Å². The molecule has 1 saturated carbocycles. The summed E-state index contributed by atoms with van der Waals surface area (Å²) >= 11 is 0. The Bertz CT molecular complexity index is 1100. The van der Waals surface area contributed by atoms with E-state index >= 15 is 0 Å². The Hall–Kier alpha value is -2.51. The normalized spacial score (nSPS) is 15.5. The van der Waals surface area contributed by atoms with Gasteiger partial charge in [-0.25, -0.2) is 12.7 Å². The van der Waals surface area contributed by atoms with E-state index in [0.29, 0.717) is 28.9 Å². The highest BCUT2D eigenvalue weighted by Crippen LogP contribution is 2.33. The van der Waals surface area contributed by atoms with E-state index in [1.165, 1.54) is 42.0 Å². The predicted molar refractivity (Wildman–Crippen MR) is 120 cm³/mol.